The van der Waals surface area contributed by atoms with Gasteiger partial charge in [-0.15, -0.1) is 0 Å². The average molecular weight is 369 g/mol. The topological polar surface area (TPSA) is 17.1 Å². The number of allylic oxidation sites excluding steroid dienone is 1. The summed E-state index contributed by atoms with van der Waals surface area (Å²) in [4.78, 5) is 13.5. The second-order valence-electron chi connectivity index (χ2n) is 7.21. The van der Waals surface area contributed by atoms with E-state index in [9.17, 15) is 4.79 Å². The van der Waals surface area contributed by atoms with Gasteiger partial charge in [-0.2, -0.15) is 0 Å². The fraction of sp³-hybridized carbons (Fsp3) is 0.318. The number of benzene rings is 2. The molecule has 0 bridgehead atoms. The molecule has 0 heterocycles. The molecule has 3 heteroatoms. The van der Waals surface area contributed by atoms with Gasteiger partial charge in [0.25, 0.3) is 0 Å². The predicted molar refractivity (Wildman–Crippen MR) is 115 cm³/mol. The van der Waals surface area contributed by atoms with E-state index in [0.717, 1.165) is 23.1 Å². The first kappa shape index (κ1) is 19.8. The van der Waals surface area contributed by atoms with Crippen molar-refractivity contribution >= 4 is 27.1 Å². The number of ketones is 1. The molecular formula is C22H29OPSi. The molecule has 0 atom stereocenters. The first-order valence-electron chi connectivity index (χ1n) is 9.05. The van der Waals surface area contributed by atoms with E-state index < -0.39 is 8.07 Å². The van der Waals surface area contributed by atoms with E-state index in [2.05, 4.69) is 63.8 Å². The van der Waals surface area contributed by atoms with Gasteiger partial charge >= 0.3 is 0 Å². The molecule has 0 radical (unpaired) electrons. The summed E-state index contributed by atoms with van der Waals surface area (Å²) in [5, 5.41) is 2.45. The van der Waals surface area contributed by atoms with Crippen LogP contribution in [0.1, 0.15) is 29.8 Å². The van der Waals surface area contributed by atoms with Crippen LogP contribution in [0.3, 0.4) is 0 Å². The van der Waals surface area contributed by atoms with Crippen molar-refractivity contribution in [2.24, 2.45) is 0 Å². The second kappa shape index (κ2) is 8.74. The van der Waals surface area contributed by atoms with Crippen LogP contribution in [0.4, 0.5) is 0 Å². The molecule has 0 aliphatic heterocycles. The normalized spacial score (nSPS) is 12.9. The Morgan fingerprint density at radius 1 is 0.800 bits per heavy atom. The van der Waals surface area contributed by atoms with Crippen LogP contribution in [0, 0.1) is 0 Å². The molecule has 0 spiro atoms. The van der Waals surface area contributed by atoms with Crippen LogP contribution in [-0.2, 0) is 0 Å². The summed E-state index contributed by atoms with van der Waals surface area (Å²) in [7, 11) is -2.16. The summed E-state index contributed by atoms with van der Waals surface area (Å²) >= 11 is 0. The van der Waals surface area contributed by atoms with Crippen LogP contribution in [-0.4, -0.2) is 26.2 Å². The zero-order valence-corrected chi connectivity index (χ0v) is 17.9. The van der Waals surface area contributed by atoms with Gasteiger partial charge in [-0.05, 0) is 28.4 Å². The molecule has 0 saturated carbocycles. The highest BCUT2D eigenvalue weighted by molar-refractivity contribution is 7.68. The molecule has 0 fully saturated rings. The van der Waals surface area contributed by atoms with E-state index in [-0.39, 0.29) is 13.7 Å². The molecule has 0 unspecified atom stereocenters. The minimum absolute atomic E-state index is 0.230. The Morgan fingerprint density at radius 3 is 1.64 bits per heavy atom. The molecule has 132 valence electrons. The van der Waals surface area contributed by atoms with E-state index in [4.69, 9.17) is 0 Å². The van der Waals surface area contributed by atoms with Gasteiger partial charge in [0.2, 0.25) is 0 Å². The lowest BCUT2D eigenvalue weighted by Gasteiger charge is -2.29. The minimum atomic E-state index is -1.83. The molecular weight excluding hydrogens is 339 g/mol. The first-order valence-corrected chi connectivity index (χ1v) is 14.3. The Labute approximate surface area is 154 Å². The molecule has 2 aromatic carbocycles. The summed E-state index contributed by atoms with van der Waals surface area (Å²) in [6.45, 7) is 11.4. The van der Waals surface area contributed by atoms with E-state index in [1.54, 1.807) is 0 Å². The summed E-state index contributed by atoms with van der Waals surface area (Å²) in [5.41, 5.74) is 2.05. The highest BCUT2D eigenvalue weighted by Crippen LogP contribution is 2.53. The van der Waals surface area contributed by atoms with Crippen molar-refractivity contribution in [1.82, 2.24) is 0 Å². The van der Waals surface area contributed by atoms with Gasteiger partial charge < -0.3 is 0 Å². The van der Waals surface area contributed by atoms with E-state index >= 15 is 0 Å². The van der Waals surface area contributed by atoms with E-state index in [0.29, 0.717) is 0 Å². The lowest BCUT2D eigenvalue weighted by molar-refractivity contribution is 0.104. The monoisotopic (exact) mass is 368 g/mol. The van der Waals surface area contributed by atoms with Gasteiger partial charge in [-0.1, -0.05) is 102 Å². The zero-order valence-electron chi connectivity index (χ0n) is 16.0. The van der Waals surface area contributed by atoms with Crippen molar-refractivity contribution in [3.05, 3.63) is 77.0 Å². The van der Waals surface area contributed by atoms with Crippen LogP contribution in [0.25, 0.3) is 5.31 Å². The predicted octanol–water partition coefficient (Wildman–Crippen LogP) is 6.68. The number of carbonyl (C=O) groups is 1. The molecule has 0 amide bonds. The molecule has 1 nitrogen and oxygen atoms in total. The summed E-state index contributed by atoms with van der Waals surface area (Å²) in [5.74, 6) is 0.230. The number of carbonyl (C=O) groups excluding carboxylic acids is 1. The first-order chi connectivity index (χ1) is 11.9. The van der Waals surface area contributed by atoms with Crippen molar-refractivity contribution < 1.29 is 4.79 Å². The van der Waals surface area contributed by atoms with Crippen LogP contribution in [0.2, 0.25) is 19.6 Å². The number of rotatable bonds is 7. The Bertz CT molecular complexity index is 726. The second-order valence-corrected chi connectivity index (χ2v) is 15.0. The maximum absolute atomic E-state index is 13.5. The standard InChI is InChI=1S/C22H29OPSi/c1-6-24(7-2)21(19-16-12-9-13-17-19)22(25(3,4)5)20(23)18-14-10-8-11-15-18/h8-17H,6-7H2,1-5H3/b22-21-. The Hall–Kier alpha value is -1.50. The van der Waals surface area contributed by atoms with Gasteiger partial charge in [0.05, 0.1) is 8.07 Å². The number of hydrogen-bond donors (Lipinski definition) is 0. The van der Waals surface area contributed by atoms with E-state index in [1.807, 2.05) is 30.3 Å². The zero-order chi connectivity index (χ0) is 18.4. The summed E-state index contributed by atoms with van der Waals surface area (Å²) in [6, 6.07) is 20.4. The molecule has 25 heavy (non-hydrogen) atoms. The molecule has 0 N–H and O–H groups in total. The molecule has 0 aliphatic rings. The number of Topliss-reactive ketones (excluding diaryl/α,β-unsaturated/α-hetero) is 1. The smallest absolute Gasteiger partial charge is 0.185 e. The van der Waals surface area contributed by atoms with Crippen molar-refractivity contribution in [3.63, 3.8) is 0 Å². The maximum atomic E-state index is 13.5. The third kappa shape index (κ3) is 4.77. The quantitative estimate of drug-likeness (QED) is 0.230. The van der Waals surface area contributed by atoms with Crippen molar-refractivity contribution in [2.45, 2.75) is 33.5 Å². The lowest BCUT2D eigenvalue weighted by atomic mass is 10.1. The molecule has 0 aliphatic carbocycles. The van der Waals surface area contributed by atoms with Gasteiger partial charge in [0.1, 0.15) is 0 Å². The third-order valence-corrected chi connectivity index (χ3v) is 9.21. The Morgan fingerprint density at radius 2 is 1.24 bits per heavy atom. The SMILES string of the molecule is CCP(CC)/C(=C(/C(=O)c1ccccc1)[Si](C)(C)C)c1ccccc1. The van der Waals surface area contributed by atoms with E-state index in [1.165, 1.54) is 10.9 Å². The van der Waals surface area contributed by atoms with Gasteiger partial charge in [0.15, 0.2) is 5.78 Å². The highest BCUT2D eigenvalue weighted by atomic mass is 31.1. The molecule has 2 rings (SSSR count). The Kier molecular flexibility index (Phi) is 6.92. The third-order valence-electron chi connectivity index (χ3n) is 4.38. The van der Waals surface area contributed by atoms with Crippen LogP contribution in [0.15, 0.2) is 65.9 Å². The van der Waals surface area contributed by atoms with Gasteiger partial charge in [-0.25, -0.2) is 0 Å². The fourth-order valence-corrected chi connectivity index (χ4v) is 8.33. The van der Waals surface area contributed by atoms with Crippen molar-refractivity contribution in [3.8, 4) is 0 Å². The van der Waals surface area contributed by atoms with Gasteiger partial charge in [0, 0.05) is 5.56 Å². The lowest BCUT2D eigenvalue weighted by Crippen LogP contribution is -2.31. The van der Waals surface area contributed by atoms with Crippen LogP contribution in [0.5, 0.6) is 0 Å². The Balaban J connectivity index is 2.77. The van der Waals surface area contributed by atoms with Crippen LogP contribution >= 0.6 is 7.92 Å². The molecule has 2 aromatic rings. The summed E-state index contributed by atoms with van der Waals surface area (Å²) < 4.78 is 0. The highest BCUT2D eigenvalue weighted by Gasteiger charge is 2.32. The molecule has 0 aromatic heterocycles. The average Bonchev–Trinajstić information content (AvgIpc) is 2.62. The summed E-state index contributed by atoms with van der Waals surface area (Å²) in [6.07, 6.45) is 2.23. The largest absolute Gasteiger partial charge is 0.289 e. The molecule has 0 saturated heterocycles. The number of hydrogen-bond acceptors (Lipinski definition) is 1. The fourth-order valence-electron chi connectivity index (χ4n) is 3.16. The maximum Gasteiger partial charge on any atom is 0.185 e. The minimum Gasteiger partial charge on any atom is -0.289 e. The van der Waals surface area contributed by atoms with Crippen LogP contribution < -0.4 is 0 Å². The van der Waals surface area contributed by atoms with Gasteiger partial charge in [-0.3, -0.25) is 4.79 Å². The van der Waals surface area contributed by atoms with Crippen molar-refractivity contribution in [2.75, 3.05) is 12.3 Å². The van der Waals surface area contributed by atoms with Crippen molar-refractivity contribution in [1.29, 1.82) is 0 Å².